The molecule has 0 amide bonds. The maximum absolute atomic E-state index is 5.85. The summed E-state index contributed by atoms with van der Waals surface area (Å²) in [6.45, 7) is 3.91. The molecule has 5 heteroatoms. The van der Waals surface area contributed by atoms with Gasteiger partial charge in [-0.3, -0.25) is 0 Å². The topological polar surface area (TPSA) is 47.7 Å². The minimum atomic E-state index is 0.467. The Morgan fingerprint density at radius 1 is 1.19 bits per heavy atom. The maximum atomic E-state index is 5.85. The summed E-state index contributed by atoms with van der Waals surface area (Å²) in [4.78, 5) is 2.51. The first kappa shape index (κ1) is 17.9. The van der Waals surface area contributed by atoms with Crippen molar-refractivity contribution in [1.29, 1.82) is 0 Å². The summed E-state index contributed by atoms with van der Waals surface area (Å²) in [5.74, 6) is 3.04. The molecule has 1 radical (unpaired) electrons. The monoisotopic (exact) mass is 365 g/mol. The zero-order chi connectivity index (χ0) is 18.5. The molecular weight excluding hydrogens is 340 g/mol. The first-order valence-corrected chi connectivity index (χ1v) is 9.58. The van der Waals surface area contributed by atoms with E-state index in [0.29, 0.717) is 12.5 Å². The number of fused-ring (bicyclic) bond motifs is 1. The Morgan fingerprint density at radius 2 is 2.04 bits per heavy atom. The summed E-state index contributed by atoms with van der Waals surface area (Å²) < 4.78 is 16.8. The van der Waals surface area contributed by atoms with Gasteiger partial charge < -0.3 is 18.9 Å². The van der Waals surface area contributed by atoms with Gasteiger partial charge in [0, 0.05) is 17.8 Å². The van der Waals surface area contributed by atoms with Gasteiger partial charge in [0.25, 0.3) is 0 Å². The lowest BCUT2D eigenvalue weighted by Gasteiger charge is -2.30. The smallest absolute Gasteiger partial charge is 0.161 e. The number of piperidine rings is 1. The molecule has 0 unspecified atom stereocenters. The van der Waals surface area contributed by atoms with Crippen molar-refractivity contribution in [2.75, 3.05) is 33.4 Å². The van der Waals surface area contributed by atoms with E-state index in [-0.39, 0.29) is 0 Å². The van der Waals surface area contributed by atoms with Gasteiger partial charge in [-0.05, 0) is 62.7 Å². The van der Waals surface area contributed by atoms with E-state index >= 15 is 0 Å². The Kier molecular flexibility index (Phi) is 5.58. The molecule has 5 nitrogen and oxygen atoms in total. The molecule has 2 aromatic carbocycles. The minimum absolute atomic E-state index is 0.467. The number of ether oxygens (including phenoxy) is 2. The van der Waals surface area contributed by atoms with E-state index in [1.165, 1.54) is 5.39 Å². The molecule has 1 aromatic heterocycles. The number of rotatable bonds is 7. The van der Waals surface area contributed by atoms with Crippen LogP contribution >= 0.6 is 0 Å². The molecule has 0 atom stereocenters. The van der Waals surface area contributed by atoms with Crippen molar-refractivity contribution in [3.05, 3.63) is 54.3 Å². The van der Waals surface area contributed by atoms with Gasteiger partial charge in [-0.1, -0.05) is 23.4 Å². The standard InChI is InChI=1S/C22H25N2O3/c1-25-20-9-4-5-10-21(20)26-16-6-13-24-14-11-17(12-15-24)22-18-7-2-3-8-19(18)23-27-22/h2-3,5,7-10,17H,6,11-16H2,1H3. The molecule has 0 N–H and O–H groups in total. The van der Waals surface area contributed by atoms with E-state index < -0.39 is 0 Å². The van der Waals surface area contributed by atoms with Crippen LogP contribution < -0.4 is 9.47 Å². The summed E-state index contributed by atoms with van der Waals surface area (Å²) >= 11 is 0. The fourth-order valence-corrected chi connectivity index (χ4v) is 3.77. The molecule has 1 aliphatic heterocycles. The number of benzene rings is 2. The quantitative estimate of drug-likeness (QED) is 0.585. The number of methoxy groups -OCH3 is 1. The second-order valence-electron chi connectivity index (χ2n) is 6.96. The van der Waals surface area contributed by atoms with Crippen LogP contribution in [0.4, 0.5) is 0 Å². The largest absolute Gasteiger partial charge is 0.493 e. The normalized spacial score (nSPS) is 15.9. The molecule has 0 saturated carbocycles. The van der Waals surface area contributed by atoms with Crippen LogP contribution in [-0.4, -0.2) is 43.4 Å². The average Bonchev–Trinajstić information content (AvgIpc) is 3.16. The number of nitrogens with zero attached hydrogens (tertiary/aromatic N) is 2. The van der Waals surface area contributed by atoms with Gasteiger partial charge in [0.2, 0.25) is 0 Å². The van der Waals surface area contributed by atoms with Gasteiger partial charge in [0.1, 0.15) is 11.3 Å². The van der Waals surface area contributed by atoms with Crippen LogP contribution in [-0.2, 0) is 0 Å². The predicted molar refractivity (Wildman–Crippen MR) is 104 cm³/mol. The maximum Gasteiger partial charge on any atom is 0.161 e. The Hall–Kier alpha value is -2.53. The highest BCUT2D eigenvalue weighted by Gasteiger charge is 2.25. The lowest BCUT2D eigenvalue weighted by molar-refractivity contribution is 0.181. The molecule has 0 spiro atoms. The average molecular weight is 365 g/mol. The molecule has 1 fully saturated rings. The van der Waals surface area contributed by atoms with Gasteiger partial charge in [0.05, 0.1) is 13.7 Å². The van der Waals surface area contributed by atoms with Crippen LogP contribution in [0, 0.1) is 6.07 Å². The van der Waals surface area contributed by atoms with Crippen molar-refractivity contribution in [2.45, 2.75) is 25.2 Å². The third-order valence-electron chi connectivity index (χ3n) is 5.25. The fourth-order valence-electron chi connectivity index (χ4n) is 3.77. The summed E-state index contributed by atoms with van der Waals surface area (Å²) in [6.07, 6.45) is 3.22. The van der Waals surface area contributed by atoms with Gasteiger partial charge in [-0.15, -0.1) is 0 Å². The van der Waals surface area contributed by atoms with Crippen molar-refractivity contribution in [3.63, 3.8) is 0 Å². The minimum Gasteiger partial charge on any atom is -0.493 e. The Balaban J connectivity index is 1.23. The van der Waals surface area contributed by atoms with Crippen LogP contribution in [0.5, 0.6) is 11.5 Å². The molecule has 1 aliphatic rings. The zero-order valence-corrected chi connectivity index (χ0v) is 15.7. The lowest BCUT2D eigenvalue weighted by Crippen LogP contribution is -2.34. The van der Waals surface area contributed by atoms with Crippen LogP contribution in [0.3, 0.4) is 0 Å². The number of hydrogen-bond acceptors (Lipinski definition) is 5. The molecule has 4 rings (SSSR count). The van der Waals surface area contributed by atoms with Crippen molar-refractivity contribution >= 4 is 10.9 Å². The van der Waals surface area contributed by atoms with E-state index in [9.17, 15) is 0 Å². The van der Waals surface area contributed by atoms with E-state index in [1.54, 1.807) is 13.2 Å². The van der Waals surface area contributed by atoms with Crippen molar-refractivity contribution in [1.82, 2.24) is 10.1 Å². The van der Waals surface area contributed by atoms with Gasteiger partial charge in [-0.2, -0.15) is 0 Å². The second kappa shape index (κ2) is 8.44. The first-order chi connectivity index (χ1) is 13.3. The highest BCUT2D eigenvalue weighted by atomic mass is 16.5. The van der Waals surface area contributed by atoms with Gasteiger partial charge >= 0.3 is 0 Å². The van der Waals surface area contributed by atoms with Crippen LogP contribution in [0.2, 0.25) is 0 Å². The van der Waals surface area contributed by atoms with E-state index in [0.717, 1.165) is 61.7 Å². The Morgan fingerprint density at radius 3 is 2.89 bits per heavy atom. The van der Waals surface area contributed by atoms with Crippen LogP contribution in [0.25, 0.3) is 10.9 Å². The van der Waals surface area contributed by atoms with Gasteiger partial charge in [0.15, 0.2) is 11.5 Å². The zero-order valence-electron chi connectivity index (χ0n) is 15.7. The summed E-state index contributed by atoms with van der Waals surface area (Å²) in [6, 6.07) is 16.7. The molecule has 141 valence electrons. The highest BCUT2D eigenvalue weighted by Crippen LogP contribution is 2.33. The molecule has 0 bridgehead atoms. The summed E-state index contributed by atoms with van der Waals surface area (Å²) in [5, 5.41) is 5.36. The van der Waals surface area contributed by atoms with E-state index in [2.05, 4.69) is 28.3 Å². The fraction of sp³-hybridized carbons (Fsp3) is 0.409. The van der Waals surface area contributed by atoms with E-state index in [4.69, 9.17) is 14.0 Å². The first-order valence-electron chi connectivity index (χ1n) is 9.58. The van der Waals surface area contributed by atoms with E-state index in [1.807, 2.05) is 24.3 Å². The third kappa shape index (κ3) is 4.08. The predicted octanol–water partition coefficient (Wildman–Crippen LogP) is 4.29. The number of hydrogen-bond donors (Lipinski definition) is 0. The SMILES string of the molecule is COc1c[c]ccc1OCCCN1CCC(c2onc3ccccc23)CC1. The van der Waals surface area contributed by atoms with Crippen LogP contribution in [0.1, 0.15) is 30.9 Å². The van der Waals surface area contributed by atoms with Gasteiger partial charge in [-0.25, -0.2) is 0 Å². The summed E-state index contributed by atoms with van der Waals surface area (Å²) in [7, 11) is 1.65. The molecular formula is C22H25N2O3. The number of aromatic nitrogens is 1. The second-order valence-corrected chi connectivity index (χ2v) is 6.96. The lowest BCUT2D eigenvalue weighted by atomic mass is 9.92. The third-order valence-corrected chi connectivity index (χ3v) is 5.25. The van der Waals surface area contributed by atoms with Crippen molar-refractivity contribution in [2.24, 2.45) is 0 Å². The molecule has 3 aromatic rings. The molecule has 27 heavy (non-hydrogen) atoms. The molecule has 1 saturated heterocycles. The molecule has 2 heterocycles. The van der Waals surface area contributed by atoms with Crippen molar-refractivity contribution in [3.8, 4) is 11.5 Å². The Labute approximate surface area is 159 Å². The number of likely N-dealkylation sites (tertiary alicyclic amines) is 1. The Bertz CT molecular complexity index is 869. The van der Waals surface area contributed by atoms with Crippen LogP contribution in [0.15, 0.2) is 47.0 Å². The van der Waals surface area contributed by atoms with Crippen molar-refractivity contribution < 1.29 is 14.0 Å². The molecule has 0 aliphatic carbocycles. The summed E-state index contributed by atoms with van der Waals surface area (Å²) in [5.41, 5.74) is 0.959. The highest BCUT2D eigenvalue weighted by molar-refractivity contribution is 5.80.